The standard InChI is InChI=1S/C18H16N2O3S/c21-16(14-11-6-7-12(8-11)15(14)17(22)23)20-18-19-13(9-24-18)10-4-2-1-3-5-10/h1-7,9,11-12,14-15H,8H2,(H,22,23)(H,19,20,21)/t11-,12+,14+,15+/m1/s1. The summed E-state index contributed by atoms with van der Waals surface area (Å²) in [7, 11) is 0. The lowest BCUT2D eigenvalue weighted by molar-refractivity contribution is -0.146. The minimum atomic E-state index is -0.892. The van der Waals surface area contributed by atoms with Crippen molar-refractivity contribution in [3.63, 3.8) is 0 Å². The van der Waals surface area contributed by atoms with E-state index in [1.54, 1.807) is 0 Å². The van der Waals surface area contributed by atoms with Crippen LogP contribution in [0.25, 0.3) is 11.3 Å². The van der Waals surface area contributed by atoms with Crippen molar-refractivity contribution in [1.82, 2.24) is 4.98 Å². The van der Waals surface area contributed by atoms with Gasteiger partial charge in [-0.1, -0.05) is 42.5 Å². The average Bonchev–Trinajstić information content (AvgIpc) is 3.30. The highest BCUT2D eigenvalue weighted by Gasteiger charge is 2.51. The largest absolute Gasteiger partial charge is 0.481 e. The van der Waals surface area contributed by atoms with E-state index in [4.69, 9.17) is 0 Å². The number of carboxylic acid groups (broad SMARTS) is 1. The highest BCUT2D eigenvalue weighted by molar-refractivity contribution is 7.14. The maximum Gasteiger partial charge on any atom is 0.307 e. The van der Waals surface area contributed by atoms with Crippen LogP contribution in [-0.4, -0.2) is 22.0 Å². The molecule has 2 bridgehead atoms. The smallest absolute Gasteiger partial charge is 0.307 e. The second kappa shape index (κ2) is 5.87. The zero-order valence-corrected chi connectivity index (χ0v) is 13.6. The normalized spacial score (nSPS) is 27.3. The van der Waals surface area contributed by atoms with Crippen LogP contribution in [0.15, 0.2) is 47.9 Å². The van der Waals surface area contributed by atoms with Crippen LogP contribution in [0.4, 0.5) is 5.13 Å². The Bertz CT molecular complexity index is 815. The second-order valence-corrected chi connectivity index (χ2v) is 7.09. The molecule has 6 heteroatoms. The number of anilines is 1. The molecule has 1 heterocycles. The lowest BCUT2D eigenvalue weighted by Crippen LogP contribution is -2.36. The number of carbonyl (C=O) groups is 2. The number of aliphatic carboxylic acids is 1. The molecule has 0 radical (unpaired) electrons. The van der Waals surface area contributed by atoms with Gasteiger partial charge in [0.2, 0.25) is 5.91 Å². The van der Waals surface area contributed by atoms with Crippen LogP contribution in [-0.2, 0) is 9.59 Å². The summed E-state index contributed by atoms with van der Waals surface area (Å²) in [5, 5.41) is 14.7. The number of nitrogens with zero attached hydrogens (tertiary/aromatic N) is 1. The molecular weight excluding hydrogens is 324 g/mol. The first-order valence-electron chi connectivity index (χ1n) is 7.86. The van der Waals surface area contributed by atoms with E-state index >= 15 is 0 Å². The first-order chi connectivity index (χ1) is 11.6. The molecule has 4 atom stereocenters. The van der Waals surface area contributed by atoms with E-state index in [-0.39, 0.29) is 17.7 Å². The van der Waals surface area contributed by atoms with Crippen molar-refractivity contribution in [2.75, 3.05) is 5.32 Å². The van der Waals surface area contributed by atoms with Crippen molar-refractivity contribution in [2.24, 2.45) is 23.7 Å². The van der Waals surface area contributed by atoms with E-state index in [1.807, 2.05) is 47.9 Å². The Balaban J connectivity index is 1.52. The predicted octanol–water partition coefficient (Wildman–Crippen LogP) is 3.27. The van der Waals surface area contributed by atoms with Gasteiger partial charge in [-0.05, 0) is 18.3 Å². The number of thiazole rings is 1. The molecule has 0 spiro atoms. The Kier molecular flexibility index (Phi) is 3.69. The van der Waals surface area contributed by atoms with Crippen molar-refractivity contribution in [3.8, 4) is 11.3 Å². The molecule has 4 rings (SSSR count). The molecule has 1 amide bonds. The number of fused-ring (bicyclic) bond motifs is 2. The molecule has 5 nitrogen and oxygen atoms in total. The molecule has 122 valence electrons. The van der Waals surface area contributed by atoms with Crippen LogP contribution in [0.1, 0.15) is 6.42 Å². The van der Waals surface area contributed by atoms with E-state index < -0.39 is 17.8 Å². The van der Waals surface area contributed by atoms with Crippen molar-refractivity contribution in [1.29, 1.82) is 0 Å². The Labute approximate surface area is 143 Å². The zero-order chi connectivity index (χ0) is 16.7. The highest BCUT2D eigenvalue weighted by Crippen LogP contribution is 2.48. The van der Waals surface area contributed by atoms with Gasteiger partial charge in [-0.25, -0.2) is 4.98 Å². The monoisotopic (exact) mass is 340 g/mol. The van der Waals surface area contributed by atoms with Crippen LogP contribution < -0.4 is 5.32 Å². The molecule has 2 aliphatic rings. The molecule has 24 heavy (non-hydrogen) atoms. The van der Waals surface area contributed by atoms with E-state index in [0.717, 1.165) is 17.7 Å². The van der Waals surface area contributed by atoms with Gasteiger partial charge in [-0.3, -0.25) is 9.59 Å². The topological polar surface area (TPSA) is 79.3 Å². The van der Waals surface area contributed by atoms with Gasteiger partial charge in [-0.2, -0.15) is 0 Å². The maximum atomic E-state index is 12.6. The summed E-state index contributed by atoms with van der Waals surface area (Å²) >= 11 is 1.35. The van der Waals surface area contributed by atoms with Crippen LogP contribution in [0, 0.1) is 23.7 Å². The van der Waals surface area contributed by atoms with Gasteiger partial charge in [0.05, 0.1) is 17.5 Å². The number of hydrogen-bond acceptors (Lipinski definition) is 4. The SMILES string of the molecule is O=C(Nc1nc(-c2ccccc2)cs1)[C@@H]1[C@@H](C(=O)O)[C@H]2C=C[C@@H]1C2. The van der Waals surface area contributed by atoms with E-state index in [0.29, 0.717) is 5.13 Å². The number of nitrogens with one attached hydrogen (secondary N) is 1. The van der Waals surface area contributed by atoms with Gasteiger partial charge < -0.3 is 10.4 Å². The predicted molar refractivity (Wildman–Crippen MR) is 91.5 cm³/mol. The molecule has 0 saturated heterocycles. The fraction of sp³-hybridized carbons (Fsp3) is 0.278. The average molecular weight is 340 g/mol. The number of benzene rings is 1. The quantitative estimate of drug-likeness (QED) is 0.837. The first kappa shape index (κ1) is 15.1. The number of amides is 1. The third-order valence-corrected chi connectivity index (χ3v) is 5.61. The van der Waals surface area contributed by atoms with E-state index in [9.17, 15) is 14.7 Å². The van der Waals surface area contributed by atoms with Gasteiger partial charge in [0.1, 0.15) is 0 Å². The lowest BCUT2D eigenvalue weighted by Gasteiger charge is -2.23. The molecule has 2 N–H and O–H groups in total. The minimum Gasteiger partial charge on any atom is -0.481 e. The zero-order valence-electron chi connectivity index (χ0n) is 12.8. The molecule has 2 aliphatic carbocycles. The van der Waals surface area contributed by atoms with E-state index in [2.05, 4.69) is 10.3 Å². The molecular formula is C18H16N2O3S. The van der Waals surface area contributed by atoms with E-state index in [1.165, 1.54) is 11.3 Å². The Morgan fingerprint density at radius 2 is 1.83 bits per heavy atom. The minimum absolute atomic E-state index is 0.0182. The number of aromatic nitrogens is 1. The van der Waals surface area contributed by atoms with Crippen molar-refractivity contribution in [3.05, 3.63) is 47.9 Å². The summed E-state index contributed by atoms with van der Waals surface area (Å²) in [6.45, 7) is 0. The molecule has 0 unspecified atom stereocenters. The fourth-order valence-electron chi connectivity index (χ4n) is 3.78. The highest BCUT2D eigenvalue weighted by atomic mass is 32.1. The van der Waals surface area contributed by atoms with Gasteiger partial charge in [0.15, 0.2) is 5.13 Å². The van der Waals surface area contributed by atoms with Crippen molar-refractivity contribution in [2.45, 2.75) is 6.42 Å². The van der Waals surface area contributed by atoms with Crippen molar-refractivity contribution < 1.29 is 14.7 Å². The Morgan fingerprint density at radius 3 is 2.54 bits per heavy atom. The van der Waals surface area contributed by atoms with Crippen molar-refractivity contribution >= 4 is 28.3 Å². The third-order valence-electron chi connectivity index (χ3n) is 4.85. The summed E-state index contributed by atoms with van der Waals surface area (Å²) in [5.41, 5.74) is 1.79. The number of hydrogen-bond donors (Lipinski definition) is 2. The maximum absolute atomic E-state index is 12.6. The second-order valence-electron chi connectivity index (χ2n) is 6.23. The van der Waals surface area contributed by atoms with Crippen LogP contribution in [0.2, 0.25) is 0 Å². The Morgan fingerprint density at radius 1 is 1.12 bits per heavy atom. The molecule has 2 aromatic rings. The van der Waals surface area contributed by atoms with Crippen LogP contribution in [0.3, 0.4) is 0 Å². The molecule has 1 fully saturated rings. The van der Waals surface area contributed by atoms with Gasteiger partial charge >= 0.3 is 5.97 Å². The number of rotatable bonds is 4. The third kappa shape index (κ3) is 2.53. The summed E-state index contributed by atoms with van der Waals surface area (Å²) in [6.07, 6.45) is 4.66. The molecule has 1 aromatic heterocycles. The molecule has 1 aromatic carbocycles. The van der Waals surface area contributed by atoms with Crippen LogP contribution in [0.5, 0.6) is 0 Å². The van der Waals surface area contributed by atoms with Gasteiger partial charge in [0.25, 0.3) is 0 Å². The summed E-state index contributed by atoms with van der Waals surface area (Å²) in [4.78, 5) is 28.6. The molecule has 0 aliphatic heterocycles. The first-order valence-corrected chi connectivity index (χ1v) is 8.74. The fourth-order valence-corrected chi connectivity index (χ4v) is 4.50. The summed E-state index contributed by atoms with van der Waals surface area (Å²) in [5.74, 6) is -2.29. The Hall–Kier alpha value is -2.47. The van der Waals surface area contributed by atoms with Gasteiger partial charge in [0, 0.05) is 10.9 Å². The number of allylic oxidation sites excluding steroid dienone is 2. The lowest BCUT2D eigenvalue weighted by atomic mass is 9.82. The summed E-state index contributed by atoms with van der Waals surface area (Å²) in [6, 6.07) is 9.73. The summed E-state index contributed by atoms with van der Waals surface area (Å²) < 4.78 is 0. The number of carbonyl (C=O) groups excluding carboxylic acids is 1. The van der Waals surface area contributed by atoms with Crippen LogP contribution >= 0.6 is 11.3 Å². The number of carboxylic acids is 1. The van der Waals surface area contributed by atoms with Gasteiger partial charge in [-0.15, -0.1) is 11.3 Å². The molecule has 1 saturated carbocycles.